The number of benzene rings is 3. The highest BCUT2D eigenvalue weighted by Crippen LogP contribution is 2.29. The summed E-state index contributed by atoms with van der Waals surface area (Å²) in [5.41, 5.74) is 5.29. The van der Waals surface area contributed by atoms with E-state index in [0.717, 1.165) is 41.1 Å². The molecule has 0 unspecified atom stereocenters. The van der Waals surface area contributed by atoms with E-state index < -0.39 is 0 Å². The minimum atomic E-state index is 0.0848. The van der Waals surface area contributed by atoms with Crippen LogP contribution in [0.3, 0.4) is 0 Å². The van der Waals surface area contributed by atoms with E-state index in [-0.39, 0.29) is 5.91 Å². The fourth-order valence-electron chi connectivity index (χ4n) is 3.92. The van der Waals surface area contributed by atoms with Gasteiger partial charge in [0.05, 0.1) is 5.69 Å². The zero-order valence-corrected chi connectivity index (χ0v) is 17.1. The fraction of sp³-hybridized carbons (Fsp3) is 0.208. The lowest BCUT2D eigenvalue weighted by Gasteiger charge is -2.36. The predicted molar refractivity (Wildman–Crippen MR) is 120 cm³/mol. The Kier molecular flexibility index (Phi) is 5.22. The molecular formula is C24H23N5O2. The molecule has 0 saturated carbocycles. The number of fused-ring (bicyclic) bond motifs is 1. The van der Waals surface area contributed by atoms with Crippen LogP contribution in [0, 0.1) is 0 Å². The van der Waals surface area contributed by atoms with E-state index in [1.54, 1.807) is 0 Å². The number of anilines is 2. The molecule has 7 heteroatoms. The Hall–Kier alpha value is -3.87. The molecule has 0 radical (unpaired) electrons. The van der Waals surface area contributed by atoms with E-state index in [2.05, 4.69) is 38.7 Å². The summed E-state index contributed by atoms with van der Waals surface area (Å²) < 4.78 is 4.99. The molecule has 0 atom stereocenters. The summed E-state index contributed by atoms with van der Waals surface area (Å²) in [6.45, 7) is 3.55. The zero-order valence-electron chi connectivity index (χ0n) is 17.1. The van der Waals surface area contributed by atoms with Gasteiger partial charge in [-0.1, -0.05) is 48.5 Å². The Morgan fingerprint density at radius 3 is 2.35 bits per heavy atom. The van der Waals surface area contributed by atoms with Gasteiger partial charge in [-0.3, -0.25) is 4.79 Å². The minimum Gasteiger partial charge on any atom is -0.379 e. The van der Waals surface area contributed by atoms with E-state index >= 15 is 0 Å². The monoisotopic (exact) mass is 413 g/mol. The smallest absolute Gasteiger partial charge is 0.253 e. The molecule has 31 heavy (non-hydrogen) atoms. The van der Waals surface area contributed by atoms with Crippen LogP contribution in [-0.2, 0) is 6.54 Å². The van der Waals surface area contributed by atoms with Crippen molar-refractivity contribution in [3.63, 3.8) is 0 Å². The first kappa shape index (κ1) is 19.1. The first-order chi connectivity index (χ1) is 15.3. The molecule has 1 N–H and O–H groups in total. The highest BCUT2D eigenvalue weighted by Gasteiger charge is 2.23. The molecule has 1 amide bonds. The molecule has 0 aliphatic carbocycles. The number of rotatable bonds is 5. The molecule has 0 spiro atoms. The molecule has 3 aromatic carbocycles. The van der Waals surface area contributed by atoms with Crippen LogP contribution >= 0.6 is 0 Å². The first-order valence-corrected chi connectivity index (χ1v) is 10.4. The summed E-state index contributed by atoms with van der Waals surface area (Å²) in [6, 6.07) is 23.8. The topological polar surface area (TPSA) is 74.5 Å². The number of hydrogen-bond acceptors (Lipinski definition) is 6. The standard InChI is InChI=1S/C24H23N5O2/c30-24(19-9-5-2-6-10-19)29-13-11-28(12-14-29)20-15-21(23-22(16-20)26-31-27-23)25-17-18-7-3-1-4-8-18/h1-10,15-16,25H,11-14,17H2. The van der Waals surface area contributed by atoms with Gasteiger partial charge in [0.25, 0.3) is 5.91 Å². The molecule has 1 aliphatic rings. The predicted octanol–water partition coefficient (Wildman–Crippen LogP) is 3.80. The van der Waals surface area contributed by atoms with Crippen molar-refractivity contribution in [2.75, 3.05) is 36.4 Å². The molecule has 4 aromatic rings. The van der Waals surface area contributed by atoms with Crippen molar-refractivity contribution in [1.82, 2.24) is 15.2 Å². The SMILES string of the molecule is O=C(c1ccccc1)N1CCN(c2cc(NCc3ccccc3)c3nonc3c2)CC1. The average molecular weight is 413 g/mol. The summed E-state index contributed by atoms with van der Waals surface area (Å²) in [4.78, 5) is 16.9. The van der Waals surface area contributed by atoms with Gasteiger partial charge in [-0.25, -0.2) is 4.63 Å². The second-order valence-electron chi connectivity index (χ2n) is 7.61. The van der Waals surface area contributed by atoms with Gasteiger partial charge in [0.2, 0.25) is 0 Å². The van der Waals surface area contributed by atoms with Crippen molar-refractivity contribution in [3.8, 4) is 0 Å². The maximum atomic E-state index is 12.7. The Morgan fingerprint density at radius 1 is 0.903 bits per heavy atom. The quantitative estimate of drug-likeness (QED) is 0.537. The van der Waals surface area contributed by atoms with E-state index in [1.807, 2.05) is 59.5 Å². The normalized spacial score (nSPS) is 14.1. The third-order valence-corrected chi connectivity index (χ3v) is 5.62. The number of piperazine rings is 1. The van der Waals surface area contributed by atoms with Gasteiger partial charge < -0.3 is 15.1 Å². The highest BCUT2D eigenvalue weighted by atomic mass is 16.6. The average Bonchev–Trinajstić information content (AvgIpc) is 3.32. The van der Waals surface area contributed by atoms with Crippen molar-refractivity contribution in [2.24, 2.45) is 0 Å². The molecule has 156 valence electrons. The van der Waals surface area contributed by atoms with Crippen LogP contribution in [0.15, 0.2) is 77.4 Å². The lowest BCUT2D eigenvalue weighted by Crippen LogP contribution is -2.48. The van der Waals surface area contributed by atoms with Crippen molar-refractivity contribution in [2.45, 2.75) is 6.54 Å². The van der Waals surface area contributed by atoms with E-state index in [0.29, 0.717) is 19.6 Å². The number of nitrogens with one attached hydrogen (secondary N) is 1. The number of carbonyl (C=O) groups is 1. The molecule has 1 aliphatic heterocycles. The minimum absolute atomic E-state index is 0.0848. The summed E-state index contributed by atoms with van der Waals surface area (Å²) in [6.07, 6.45) is 0. The van der Waals surface area contributed by atoms with Crippen LogP contribution in [0.5, 0.6) is 0 Å². The molecule has 1 saturated heterocycles. The van der Waals surface area contributed by atoms with Gasteiger partial charge in [0.1, 0.15) is 5.52 Å². The van der Waals surface area contributed by atoms with Crippen LogP contribution in [0.1, 0.15) is 15.9 Å². The summed E-state index contributed by atoms with van der Waals surface area (Å²) in [5.74, 6) is 0.0848. The zero-order chi connectivity index (χ0) is 21.0. The van der Waals surface area contributed by atoms with Crippen molar-refractivity contribution in [3.05, 3.63) is 83.9 Å². The van der Waals surface area contributed by atoms with E-state index in [1.165, 1.54) is 5.56 Å². The lowest BCUT2D eigenvalue weighted by atomic mass is 10.1. The molecule has 0 bridgehead atoms. The third kappa shape index (κ3) is 4.07. The van der Waals surface area contributed by atoms with Gasteiger partial charge >= 0.3 is 0 Å². The maximum Gasteiger partial charge on any atom is 0.253 e. The first-order valence-electron chi connectivity index (χ1n) is 10.4. The van der Waals surface area contributed by atoms with Crippen molar-refractivity contribution < 1.29 is 9.42 Å². The van der Waals surface area contributed by atoms with Crippen molar-refractivity contribution >= 4 is 28.3 Å². The second-order valence-corrected chi connectivity index (χ2v) is 7.61. The molecular weight excluding hydrogens is 390 g/mol. The molecule has 2 heterocycles. The van der Waals surface area contributed by atoms with Crippen molar-refractivity contribution in [1.29, 1.82) is 0 Å². The number of nitrogens with zero attached hydrogens (tertiary/aromatic N) is 4. The van der Waals surface area contributed by atoms with Gasteiger partial charge in [0, 0.05) is 44.0 Å². The number of hydrogen-bond donors (Lipinski definition) is 1. The van der Waals surface area contributed by atoms with Crippen LogP contribution in [0.25, 0.3) is 11.0 Å². The number of amides is 1. The molecule has 7 nitrogen and oxygen atoms in total. The van der Waals surface area contributed by atoms with Crippen LogP contribution in [0.4, 0.5) is 11.4 Å². The highest BCUT2D eigenvalue weighted by molar-refractivity contribution is 5.94. The fourth-order valence-corrected chi connectivity index (χ4v) is 3.92. The molecule has 1 fully saturated rings. The van der Waals surface area contributed by atoms with Crippen LogP contribution in [0.2, 0.25) is 0 Å². The Bertz CT molecular complexity index is 1170. The largest absolute Gasteiger partial charge is 0.379 e. The number of aromatic nitrogens is 2. The van der Waals surface area contributed by atoms with Gasteiger partial charge in [-0.2, -0.15) is 0 Å². The van der Waals surface area contributed by atoms with E-state index in [4.69, 9.17) is 4.63 Å². The third-order valence-electron chi connectivity index (χ3n) is 5.62. The second kappa shape index (κ2) is 8.47. The Labute approximate surface area is 180 Å². The van der Waals surface area contributed by atoms with Gasteiger partial charge in [-0.05, 0) is 40.1 Å². The number of carbonyl (C=O) groups excluding carboxylic acids is 1. The Morgan fingerprint density at radius 2 is 1.61 bits per heavy atom. The van der Waals surface area contributed by atoms with Gasteiger partial charge in [0.15, 0.2) is 5.52 Å². The Balaban J connectivity index is 1.31. The van der Waals surface area contributed by atoms with Crippen LogP contribution in [-0.4, -0.2) is 47.3 Å². The van der Waals surface area contributed by atoms with Crippen LogP contribution < -0.4 is 10.2 Å². The van der Waals surface area contributed by atoms with Gasteiger partial charge in [-0.15, -0.1) is 0 Å². The maximum absolute atomic E-state index is 12.7. The van der Waals surface area contributed by atoms with E-state index in [9.17, 15) is 4.79 Å². The summed E-state index contributed by atoms with van der Waals surface area (Å²) >= 11 is 0. The summed E-state index contributed by atoms with van der Waals surface area (Å²) in [7, 11) is 0. The molecule has 5 rings (SSSR count). The molecule has 1 aromatic heterocycles. The lowest BCUT2D eigenvalue weighted by molar-refractivity contribution is 0.0747. The summed E-state index contributed by atoms with van der Waals surface area (Å²) in [5, 5.41) is 11.6.